The third-order valence-corrected chi connectivity index (χ3v) is 2.67. The number of hydrogen-bond acceptors (Lipinski definition) is 4. The lowest BCUT2D eigenvalue weighted by atomic mass is 10.2. The van der Waals surface area contributed by atoms with E-state index in [0.29, 0.717) is 18.9 Å². The van der Waals surface area contributed by atoms with Gasteiger partial charge in [-0.05, 0) is 24.6 Å². The minimum atomic E-state index is -0.855. The molecule has 0 amide bonds. The maximum absolute atomic E-state index is 13.7. The second-order valence-electron chi connectivity index (χ2n) is 4.32. The predicted molar refractivity (Wildman–Crippen MR) is 75.5 cm³/mol. The number of benzene rings is 1. The van der Waals surface area contributed by atoms with Gasteiger partial charge in [-0.1, -0.05) is 12.1 Å². The van der Waals surface area contributed by atoms with E-state index in [1.54, 1.807) is 32.2 Å². The number of aromatic nitrogens is 1. The van der Waals surface area contributed by atoms with Gasteiger partial charge in [-0.15, -0.1) is 0 Å². The van der Waals surface area contributed by atoms with E-state index in [2.05, 4.69) is 10.3 Å². The lowest BCUT2D eigenvalue weighted by molar-refractivity contribution is 0.184. The molecule has 4 nitrogen and oxygen atoms in total. The van der Waals surface area contributed by atoms with Crippen LogP contribution >= 0.6 is 0 Å². The smallest absolute Gasteiger partial charge is 0.258 e. The molecule has 21 heavy (non-hydrogen) atoms. The highest BCUT2D eigenvalue weighted by Gasteiger charge is 2.13. The molecule has 1 N–H and O–H groups in total. The molecule has 6 heteroatoms. The van der Waals surface area contributed by atoms with Crippen LogP contribution in [0.4, 0.5) is 14.6 Å². The summed E-state index contributed by atoms with van der Waals surface area (Å²) in [6, 6.07) is 7.74. The van der Waals surface area contributed by atoms with E-state index in [9.17, 15) is 8.78 Å². The Hall–Kier alpha value is -2.21. The minimum absolute atomic E-state index is 0.0399. The van der Waals surface area contributed by atoms with Crippen LogP contribution in [0.3, 0.4) is 0 Å². The highest BCUT2D eigenvalue weighted by molar-refractivity contribution is 5.41. The summed E-state index contributed by atoms with van der Waals surface area (Å²) >= 11 is 0. The largest absolute Gasteiger partial charge is 0.436 e. The summed E-state index contributed by atoms with van der Waals surface area (Å²) in [7, 11) is 1.58. The second-order valence-corrected chi connectivity index (χ2v) is 4.32. The first-order chi connectivity index (χ1) is 10.1. The zero-order chi connectivity index (χ0) is 15.2. The van der Waals surface area contributed by atoms with Crippen LogP contribution in [0.2, 0.25) is 0 Å². The summed E-state index contributed by atoms with van der Waals surface area (Å²) in [5.74, 6) is -1.52. The highest BCUT2D eigenvalue weighted by atomic mass is 19.1. The molecular formula is C15H16F2N2O2. The summed E-state index contributed by atoms with van der Waals surface area (Å²) < 4.78 is 37.6. The van der Waals surface area contributed by atoms with E-state index in [0.717, 1.165) is 11.6 Å². The Morgan fingerprint density at radius 1 is 1.19 bits per heavy atom. The monoisotopic (exact) mass is 294 g/mol. The molecule has 1 heterocycles. The third-order valence-electron chi connectivity index (χ3n) is 2.67. The summed E-state index contributed by atoms with van der Waals surface area (Å²) in [6.07, 6.45) is 0. The SMILES string of the molecule is CCNc1nc(Oc2cccc(COC)c2)c(F)cc1F. The van der Waals surface area contributed by atoms with Crippen molar-refractivity contribution >= 4 is 5.82 Å². The average molecular weight is 294 g/mol. The molecule has 0 saturated carbocycles. The lowest BCUT2D eigenvalue weighted by Crippen LogP contribution is -2.04. The summed E-state index contributed by atoms with van der Waals surface area (Å²) in [4.78, 5) is 3.82. The van der Waals surface area contributed by atoms with Crippen molar-refractivity contribution < 1.29 is 18.3 Å². The van der Waals surface area contributed by atoms with Gasteiger partial charge in [0.05, 0.1) is 6.61 Å². The molecule has 2 rings (SSSR count). The number of ether oxygens (including phenoxy) is 2. The average Bonchev–Trinajstić information content (AvgIpc) is 2.45. The number of pyridine rings is 1. The van der Waals surface area contributed by atoms with Crippen LogP contribution in [0.15, 0.2) is 30.3 Å². The van der Waals surface area contributed by atoms with E-state index in [-0.39, 0.29) is 11.7 Å². The van der Waals surface area contributed by atoms with Crippen LogP contribution in [0.1, 0.15) is 12.5 Å². The van der Waals surface area contributed by atoms with Gasteiger partial charge in [-0.3, -0.25) is 0 Å². The van der Waals surface area contributed by atoms with Crippen molar-refractivity contribution in [1.82, 2.24) is 4.98 Å². The molecule has 0 aliphatic heterocycles. The Morgan fingerprint density at radius 2 is 2.00 bits per heavy atom. The fourth-order valence-corrected chi connectivity index (χ4v) is 1.79. The van der Waals surface area contributed by atoms with Gasteiger partial charge >= 0.3 is 0 Å². The van der Waals surface area contributed by atoms with Gasteiger partial charge in [0.1, 0.15) is 5.75 Å². The minimum Gasteiger partial charge on any atom is -0.436 e. The number of hydrogen-bond donors (Lipinski definition) is 1. The first kappa shape index (κ1) is 15.2. The Balaban J connectivity index is 2.26. The van der Waals surface area contributed by atoms with Crippen molar-refractivity contribution in [3.8, 4) is 11.6 Å². The van der Waals surface area contributed by atoms with E-state index >= 15 is 0 Å². The normalized spacial score (nSPS) is 10.5. The Labute approximate surface area is 121 Å². The van der Waals surface area contributed by atoms with Gasteiger partial charge in [0.15, 0.2) is 17.5 Å². The number of rotatable bonds is 6. The molecule has 112 valence electrons. The van der Waals surface area contributed by atoms with E-state index in [1.165, 1.54) is 0 Å². The second kappa shape index (κ2) is 6.99. The third kappa shape index (κ3) is 3.88. The molecule has 1 aromatic heterocycles. The zero-order valence-corrected chi connectivity index (χ0v) is 11.8. The highest BCUT2D eigenvalue weighted by Crippen LogP contribution is 2.26. The molecule has 0 saturated heterocycles. The number of nitrogens with one attached hydrogen (secondary N) is 1. The molecule has 0 atom stereocenters. The number of halogens is 2. The topological polar surface area (TPSA) is 43.4 Å². The number of methoxy groups -OCH3 is 1. The molecule has 0 radical (unpaired) electrons. The Morgan fingerprint density at radius 3 is 2.71 bits per heavy atom. The summed E-state index contributed by atoms with van der Waals surface area (Å²) in [5.41, 5.74) is 0.879. The standard InChI is InChI=1S/C15H16F2N2O2/c1-3-18-14-12(16)8-13(17)15(19-14)21-11-6-4-5-10(7-11)9-20-2/h4-8H,3,9H2,1-2H3,(H,18,19). The molecule has 1 aromatic carbocycles. The van der Waals surface area contributed by atoms with Crippen molar-refractivity contribution in [1.29, 1.82) is 0 Å². The van der Waals surface area contributed by atoms with Gasteiger partial charge in [0.25, 0.3) is 5.88 Å². The van der Waals surface area contributed by atoms with Crippen LogP contribution < -0.4 is 10.1 Å². The van der Waals surface area contributed by atoms with Crippen LogP contribution in [0.5, 0.6) is 11.6 Å². The molecule has 0 unspecified atom stereocenters. The van der Waals surface area contributed by atoms with Gasteiger partial charge in [-0.25, -0.2) is 8.78 Å². The first-order valence-corrected chi connectivity index (χ1v) is 6.49. The molecule has 0 spiro atoms. The fourth-order valence-electron chi connectivity index (χ4n) is 1.79. The van der Waals surface area contributed by atoms with E-state index in [1.807, 2.05) is 6.07 Å². The van der Waals surface area contributed by atoms with Gasteiger partial charge < -0.3 is 14.8 Å². The maximum Gasteiger partial charge on any atom is 0.258 e. The first-order valence-electron chi connectivity index (χ1n) is 6.49. The molecule has 0 fully saturated rings. The predicted octanol–water partition coefficient (Wildman–Crippen LogP) is 3.73. The van der Waals surface area contributed by atoms with Crippen molar-refractivity contribution in [3.63, 3.8) is 0 Å². The van der Waals surface area contributed by atoms with Crippen molar-refractivity contribution in [3.05, 3.63) is 47.5 Å². The van der Waals surface area contributed by atoms with E-state index < -0.39 is 11.6 Å². The number of nitrogens with zero attached hydrogens (tertiary/aromatic N) is 1. The van der Waals surface area contributed by atoms with Crippen molar-refractivity contribution in [2.24, 2.45) is 0 Å². The zero-order valence-electron chi connectivity index (χ0n) is 11.8. The quantitative estimate of drug-likeness (QED) is 0.881. The van der Waals surface area contributed by atoms with Crippen molar-refractivity contribution in [2.75, 3.05) is 19.0 Å². The van der Waals surface area contributed by atoms with Gasteiger partial charge in [-0.2, -0.15) is 4.98 Å². The van der Waals surface area contributed by atoms with Crippen LogP contribution in [-0.4, -0.2) is 18.6 Å². The molecule has 0 aliphatic carbocycles. The van der Waals surface area contributed by atoms with Crippen molar-refractivity contribution in [2.45, 2.75) is 13.5 Å². The van der Waals surface area contributed by atoms with Gasteiger partial charge in [0, 0.05) is 19.7 Å². The number of anilines is 1. The molecule has 2 aromatic rings. The maximum atomic E-state index is 13.7. The Bertz CT molecular complexity index is 621. The lowest BCUT2D eigenvalue weighted by Gasteiger charge is -2.10. The molecule has 0 bridgehead atoms. The van der Waals surface area contributed by atoms with Crippen LogP contribution in [-0.2, 0) is 11.3 Å². The summed E-state index contributed by atoms with van der Waals surface area (Å²) in [6.45, 7) is 2.68. The summed E-state index contributed by atoms with van der Waals surface area (Å²) in [5, 5.41) is 2.71. The Kier molecular flexibility index (Phi) is 5.05. The van der Waals surface area contributed by atoms with Crippen LogP contribution in [0, 0.1) is 11.6 Å². The molecular weight excluding hydrogens is 278 g/mol. The van der Waals surface area contributed by atoms with Crippen LogP contribution in [0.25, 0.3) is 0 Å². The van der Waals surface area contributed by atoms with Gasteiger partial charge in [0.2, 0.25) is 0 Å². The molecule has 0 aliphatic rings. The van der Waals surface area contributed by atoms with E-state index in [4.69, 9.17) is 9.47 Å². The fraction of sp³-hybridized carbons (Fsp3) is 0.267.